The van der Waals surface area contributed by atoms with Gasteiger partial charge < -0.3 is 42.7 Å². The van der Waals surface area contributed by atoms with Gasteiger partial charge in [0.25, 0.3) is 0 Å². The molecule has 170 valence electrons. The first-order valence-corrected chi connectivity index (χ1v) is 9.17. The molecule has 0 aromatic heterocycles. The van der Waals surface area contributed by atoms with Gasteiger partial charge in [0.15, 0.2) is 0 Å². The first-order chi connectivity index (χ1) is 13.9. The van der Waals surface area contributed by atoms with Crippen LogP contribution < -0.4 is 27.4 Å². The third kappa shape index (κ3) is 10.0. The predicted molar refractivity (Wildman–Crippen MR) is 103 cm³/mol. The van der Waals surface area contributed by atoms with E-state index in [4.69, 9.17) is 26.8 Å². The average molecular weight is 451 g/mol. The fraction of sp³-hybridized carbons (Fsp3) is 0.600. The number of hydrogen-bond acceptors (Lipinski definition) is 9. The van der Waals surface area contributed by atoms with E-state index in [1.807, 2.05) is 0 Å². The van der Waals surface area contributed by atoms with Gasteiger partial charge in [-0.15, -0.1) is 0 Å². The zero-order chi connectivity index (χ0) is 23.4. The Kier molecular flexibility index (Phi) is 12.0. The molecule has 0 rings (SSSR count). The van der Waals surface area contributed by atoms with E-state index in [9.17, 15) is 28.8 Å². The number of carbonyl (C=O) groups excluding carboxylic acids is 4. The second-order valence-corrected chi connectivity index (χ2v) is 6.46. The lowest BCUT2D eigenvalue weighted by atomic mass is 10.1. The van der Waals surface area contributed by atoms with Gasteiger partial charge in [0, 0.05) is 12.2 Å². The normalized spacial score (nSPS) is 14.5. The number of carboxylic acid groups (broad SMARTS) is 2. The van der Waals surface area contributed by atoms with E-state index in [2.05, 4.69) is 28.6 Å². The lowest BCUT2D eigenvalue weighted by Gasteiger charge is -2.24. The molecule has 0 heterocycles. The quantitative estimate of drug-likeness (QED) is 0.114. The van der Waals surface area contributed by atoms with E-state index < -0.39 is 85.6 Å². The van der Waals surface area contributed by atoms with E-state index in [1.165, 1.54) is 0 Å². The largest absolute Gasteiger partial charge is 0.481 e. The van der Waals surface area contributed by atoms with Crippen LogP contribution in [-0.4, -0.2) is 87.4 Å². The summed E-state index contributed by atoms with van der Waals surface area (Å²) in [5, 5.41) is 33.0. The molecule has 0 saturated carbocycles. The number of amides is 4. The predicted octanol–water partition coefficient (Wildman–Crippen LogP) is -4.48. The van der Waals surface area contributed by atoms with Gasteiger partial charge in [-0.3, -0.25) is 24.0 Å². The second kappa shape index (κ2) is 13.3. The number of carbonyl (C=O) groups is 6. The summed E-state index contributed by atoms with van der Waals surface area (Å²) in [6.45, 7) is -0.744. The summed E-state index contributed by atoms with van der Waals surface area (Å²) >= 11 is 3.77. The number of thiol groups is 1. The van der Waals surface area contributed by atoms with Crippen LogP contribution in [0.2, 0.25) is 0 Å². The number of hydrogen-bond donors (Lipinski definition) is 9. The number of aliphatic hydroxyl groups is 1. The minimum absolute atomic E-state index is 0.283. The highest BCUT2D eigenvalue weighted by Gasteiger charge is 2.31. The minimum Gasteiger partial charge on any atom is -0.481 e. The van der Waals surface area contributed by atoms with E-state index in [0.29, 0.717) is 0 Å². The van der Waals surface area contributed by atoms with Gasteiger partial charge in [0.2, 0.25) is 23.6 Å². The van der Waals surface area contributed by atoms with E-state index in [1.54, 1.807) is 0 Å². The maximum absolute atomic E-state index is 12.5. The number of rotatable bonds is 14. The van der Waals surface area contributed by atoms with Crippen LogP contribution in [0.15, 0.2) is 0 Å². The molecule has 0 aliphatic heterocycles. The van der Waals surface area contributed by atoms with Gasteiger partial charge >= 0.3 is 11.9 Å². The van der Waals surface area contributed by atoms with Crippen molar-refractivity contribution in [1.29, 1.82) is 0 Å². The van der Waals surface area contributed by atoms with Gasteiger partial charge in [0.05, 0.1) is 13.0 Å². The lowest BCUT2D eigenvalue weighted by molar-refractivity contribution is -0.141. The number of primary amides is 1. The highest BCUT2D eigenvalue weighted by atomic mass is 32.1. The molecule has 0 aliphatic rings. The summed E-state index contributed by atoms with van der Waals surface area (Å²) in [6, 6.07) is -5.89. The minimum atomic E-state index is -1.60. The topological polar surface area (TPSA) is 251 Å². The van der Waals surface area contributed by atoms with Crippen molar-refractivity contribution in [2.45, 2.75) is 43.4 Å². The molecule has 0 fully saturated rings. The first kappa shape index (κ1) is 27.1. The van der Waals surface area contributed by atoms with Crippen molar-refractivity contribution in [3.8, 4) is 0 Å². The van der Waals surface area contributed by atoms with Crippen LogP contribution >= 0.6 is 12.6 Å². The Bertz CT molecular complexity index is 675. The summed E-state index contributed by atoms with van der Waals surface area (Å²) in [5.41, 5.74) is 10.4. The smallest absolute Gasteiger partial charge is 0.327 e. The maximum atomic E-state index is 12.5. The average Bonchev–Trinajstić information content (AvgIpc) is 2.66. The highest BCUT2D eigenvalue weighted by molar-refractivity contribution is 7.80. The summed E-state index contributed by atoms with van der Waals surface area (Å²) in [5.74, 6) is -7.03. The molecule has 0 spiro atoms. The van der Waals surface area contributed by atoms with Crippen molar-refractivity contribution in [2.75, 3.05) is 12.4 Å². The molecule has 30 heavy (non-hydrogen) atoms. The standard InChI is InChI=1S/C15H25N5O9S/c16-6(4-21)12(25)18-7(1-2-11(23)24)13(26)19-8(3-10(17)22)14(27)20-9(5-30)15(28)29/h6-9,21,30H,1-5,16H2,(H2,17,22)(H,18,25)(H,19,26)(H,20,27)(H,23,24)(H,28,29). The summed E-state index contributed by atoms with van der Waals surface area (Å²) in [6.07, 6.45) is -1.64. The summed E-state index contributed by atoms with van der Waals surface area (Å²) < 4.78 is 0. The summed E-state index contributed by atoms with van der Waals surface area (Å²) in [7, 11) is 0. The molecular weight excluding hydrogens is 426 g/mol. The Morgan fingerprint density at radius 2 is 1.37 bits per heavy atom. The van der Waals surface area contributed by atoms with Crippen molar-refractivity contribution >= 4 is 48.2 Å². The van der Waals surface area contributed by atoms with Gasteiger partial charge in [-0.2, -0.15) is 12.6 Å². The fourth-order valence-electron chi connectivity index (χ4n) is 2.04. The Labute approximate surface area is 176 Å². The molecule has 14 nitrogen and oxygen atoms in total. The van der Waals surface area contributed by atoms with Crippen molar-refractivity contribution in [3.63, 3.8) is 0 Å². The van der Waals surface area contributed by atoms with Crippen molar-refractivity contribution in [3.05, 3.63) is 0 Å². The zero-order valence-electron chi connectivity index (χ0n) is 15.7. The Morgan fingerprint density at radius 1 is 0.867 bits per heavy atom. The van der Waals surface area contributed by atoms with Crippen molar-refractivity contribution < 1.29 is 44.1 Å². The second-order valence-electron chi connectivity index (χ2n) is 6.10. The molecule has 4 amide bonds. The molecule has 4 atom stereocenters. The molecule has 0 radical (unpaired) electrons. The Hall–Kier alpha value is -2.91. The van der Waals surface area contributed by atoms with Crippen LogP contribution in [0.4, 0.5) is 0 Å². The summed E-state index contributed by atoms with van der Waals surface area (Å²) in [4.78, 5) is 69.7. The molecule has 0 aromatic carbocycles. The van der Waals surface area contributed by atoms with E-state index in [0.717, 1.165) is 0 Å². The van der Waals surface area contributed by atoms with Gasteiger partial charge in [0.1, 0.15) is 24.2 Å². The van der Waals surface area contributed by atoms with Gasteiger partial charge in [-0.1, -0.05) is 0 Å². The number of aliphatic carboxylic acids is 2. The Balaban J connectivity index is 5.44. The maximum Gasteiger partial charge on any atom is 0.327 e. The van der Waals surface area contributed by atoms with Crippen LogP contribution in [0.25, 0.3) is 0 Å². The fourth-order valence-corrected chi connectivity index (χ4v) is 2.29. The van der Waals surface area contributed by atoms with Crippen molar-refractivity contribution in [1.82, 2.24) is 16.0 Å². The number of nitrogens with one attached hydrogen (secondary N) is 3. The van der Waals surface area contributed by atoms with Gasteiger partial charge in [-0.25, -0.2) is 4.79 Å². The molecular formula is C15H25N5O9S. The first-order valence-electron chi connectivity index (χ1n) is 8.54. The molecule has 4 unspecified atom stereocenters. The third-order valence-corrected chi connectivity index (χ3v) is 4.01. The molecule has 0 aromatic rings. The highest BCUT2D eigenvalue weighted by Crippen LogP contribution is 2.02. The van der Waals surface area contributed by atoms with E-state index in [-0.39, 0.29) is 5.75 Å². The van der Waals surface area contributed by atoms with Crippen LogP contribution in [0, 0.1) is 0 Å². The number of nitrogens with two attached hydrogens (primary N) is 2. The SMILES string of the molecule is NC(=O)CC(NC(=O)C(CCC(=O)O)NC(=O)C(N)CO)C(=O)NC(CS)C(=O)O. The van der Waals surface area contributed by atoms with Crippen molar-refractivity contribution in [2.24, 2.45) is 11.5 Å². The third-order valence-electron chi connectivity index (χ3n) is 3.65. The number of carboxylic acids is 2. The van der Waals surface area contributed by atoms with Crippen LogP contribution in [0.5, 0.6) is 0 Å². The Morgan fingerprint density at radius 3 is 1.80 bits per heavy atom. The molecule has 0 bridgehead atoms. The van der Waals surface area contributed by atoms with Gasteiger partial charge in [-0.05, 0) is 6.42 Å². The lowest BCUT2D eigenvalue weighted by Crippen LogP contribution is -2.58. The monoisotopic (exact) mass is 451 g/mol. The molecule has 10 N–H and O–H groups in total. The van der Waals surface area contributed by atoms with Crippen LogP contribution in [0.1, 0.15) is 19.3 Å². The van der Waals surface area contributed by atoms with Crippen LogP contribution in [0.3, 0.4) is 0 Å². The molecule has 15 heteroatoms. The molecule has 0 saturated heterocycles. The number of aliphatic hydroxyl groups excluding tert-OH is 1. The molecule has 0 aliphatic carbocycles. The van der Waals surface area contributed by atoms with E-state index >= 15 is 0 Å². The van der Waals surface area contributed by atoms with Crippen LogP contribution in [-0.2, 0) is 28.8 Å². The zero-order valence-corrected chi connectivity index (χ0v) is 16.6.